The Hall–Kier alpha value is -10.6. The molecule has 29 heteroatoms. The minimum Gasteiger partial charge on any atom is -0.289 e. The number of hydrogen-bond donors (Lipinski definition) is 0. The van der Waals surface area contributed by atoms with E-state index < -0.39 is 80.6 Å². The topological polar surface area (TPSA) is 436 Å². The summed E-state index contributed by atoms with van der Waals surface area (Å²) in [5.41, 5.74) is -2.93. The molecule has 0 aromatic heterocycles. The molecule has 362 valence electrons. The summed E-state index contributed by atoms with van der Waals surface area (Å²) in [6.07, 6.45) is 0. The summed E-state index contributed by atoms with van der Waals surface area (Å²) in [4.78, 5) is 76.2. The molecule has 0 aliphatic heterocycles. The zero-order valence-electron chi connectivity index (χ0n) is 36.1. The van der Waals surface area contributed by atoms with E-state index in [0.717, 1.165) is 24.3 Å². The third-order valence-electron chi connectivity index (χ3n) is 8.93. The predicted molar refractivity (Wildman–Crippen MR) is 258 cm³/mol. The number of carbonyl (C=O) groups excluding carboxylic acids is 4. The normalized spacial score (nSPS) is 12.2. The van der Waals surface area contributed by atoms with E-state index in [1.54, 1.807) is 36.4 Å². The van der Waals surface area contributed by atoms with Gasteiger partial charge in [0, 0.05) is 50.9 Å². The van der Waals surface area contributed by atoms with Gasteiger partial charge >= 0.3 is 0 Å². The maximum absolute atomic E-state index is 12.3. The molecule has 3 aliphatic rings. The second-order valence-corrected chi connectivity index (χ2v) is 15.3. The second-order valence-electron chi connectivity index (χ2n) is 13.0. The molecule has 0 N–H and O–H groups in total. The van der Waals surface area contributed by atoms with Crippen LogP contribution in [0, 0.1) is 144 Å². The smallest absolute Gasteiger partial charge is 0.284 e. The van der Waals surface area contributed by atoms with Gasteiger partial charge in [-0.1, -0.05) is 100 Å². The van der Waals surface area contributed by atoms with Crippen molar-refractivity contribution < 1.29 is 33.9 Å². The van der Waals surface area contributed by atoms with Gasteiger partial charge in [0.05, 0.1) is 37.0 Å². The van der Waals surface area contributed by atoms with Crippen LogP contribution in [0.15, 0.2) is 119 Å². The highest BCUT2D eigenvalue weighted by atomic mass is 35.5. The molecule has 0 unspecified atom stereocenters. The first kappa shape index (κ1) is 60.5. The first-order valence-electron chi connectivity index (χ1n) is 18.5. The van der Waals surface area contributed by atoms with Crippen molar-refractivity contribution in [3.63, 3.8) is 0 Å². The monoisotopic (exact) mass is 1110 g/mol. The van der Waals surface area contributed by atoms with Gasteiger partial charge in [-0.15, -0.1) is 0 Å². The van der Waals surface area contributed by atoms with Gasteiger partial charge in [-0.25, -0.2) is 0 Å². The number of Topliss-reactive ketones (excluding diaryl/α,β-unsaturated/α-hetero) is 3. The lowest BCUT2D eigenvalue weighted by atomic mass is 9.94. The van der Waals surface area contributed by atoms with Crippen molar-refractivity contribution in [1.29, 1.82) is 52.6 Å². The molecule has 0 heterocycles. The zero-order valence-corrected chi connectivity index (χ0v) is 40.6. The van der Waals surface area contributed by atoms with E-state index in [1.165, 1.54) is 54.6 Å². The van der Waals surface area contributed by atoms with Gasteiger partial charge < -0.3 is 0 Å². The molecule has 0 bridgehead atoms. The number of ketones is 4. The Balaban J connectivity index is 0.000000332. The van der Waals surface area contributed by atoms with Crippen LogP contribution in [0.25, 0.3) is 22.3 Å². The number of non-ortho nitro benzene ring substituents is 2. The van der Waals surface area contributed by atoms with Gasteiger partial charge in [0.2, 0.25) is 17.3 Å². The number of nitro groups is 3. The molecule has 0 spiro atoms. The van der Waals surface area contributed by atoms with E-state index in [-0.39, 0.29) is 65.9 Å². The fourth-order valence-electron chi connectivity index (χ4n) is 5.44. The van der Waals surface area contributed by atoms with Crippen LogP contribution >= 0.6 is 69.6 Å². The lowest BCUT2D eigenvalue weighted by Gasteiger charge is -2.12. The second kappa shape index (κ2) is 27.1. The molecule has 23 nitrogen and oxygen atoms in total. The molecule has 75 heavy (non-hydrogen) atoms. The zero-order chi connectivity index (χ0) is 57.2. The standard InChI is InChI=1S/C13H5N3O7.C12H4N4.C9H2Cl2N2O.C6Cl4O2.C6N4/c17-13-9-3-6(14(18)19)1-2-8(9)12-10(13)4-7(15(20)21)5-11(12)16(22)23;13-5-11(6-14)9-1-2-10(4-3-9)12(7-15)8-16;1-4-5(2-12)6(3-13)9(14)8(11)7(4)10;7-1-2(8)6(12)4(10)3(9)5(1)11;7-1-5(2-8)6(3-9)4-10/h1-5H;1-4H;1H2;;. The molecule has 0 saturated carbocycles. The number of rotatable bonds is 3. The van der Waals surface area contributed by atoms with Crippen LogP contribution in [0.2, 0.25) is 0 Å². The van der Waals surface area contributed by atoms with Crippen molar-refractivity contribution in [3.05, 3.63) is 171 Å². The Bertz CT molecular complexity index is 3660. The Kier molecular flexibility index (Phi) is 21.9. The van der Waals surface area contributed by atoms with Crippen molar-refractivity contribution in [3.8, 4) is 71.8 Å². The minimum absolute atomic E-state index is 0.00187. The van der Waals surface area contributed by atoms with Crippen molar-refractivity contribution in [1.82, 2.24) is 0 Å². The molecule has 3 aliphatic carbocycles. The number of halogens is 6. The van der Waals surface area contributed by atoms with Gasteiger partial charge in [0.15, 0.2) is 16.9 Å². The number of fused-ring (bicyclic) bond motifs is 3. The summed E-state index contributed by atoms with van der Waals surface area (Å²) in [5.74, 6) is -2.91. The van der Waals surface area contributed by atoms with Crippen LogP contribution in [0.1, 0.15) is 15.9 Å². The molecule has 0 fully saturated rings. The average molecular weight is 1120 g/mol. The largest absolute Gasteiger partial charge is 0.289 e. The maximum Gasteiger partial charge on any atom is 0.284 e. The lowest BCUT2D eigenvalue weighted by molar-refractivity contribution is -0.393. The number of carbonyl (C=O) groups is 4. The summed E-state index contributed by atoms with van der Waals surface area (Å²) in [6, 6.07) is 27.3. The maximum atomic E-state index is 12.3. The Morgan fingerprint density at radius 1 is 0.427 bits per heavy atom. The van der Waals surface area contributed by atoms with Crippen molar-refractivity contribution in [2.75, 3.05) is 0 Å². The number of nitro benzene ring substituents is 3. The fourth-order valence-corrected chi connectivity index (χ4v) is 6.65. The van der Waals surface area contributed by atoms with Crippen LogP contribution in [0.3, 0.4) is 0 Å². The van der Waals surface area contributed by atoms with E-state index in [4.69, 9.17) is 122 Å². The summed E-state index contributed by atoms with van der Waals surface area (Å²) < 4.78 is 0. The molecule has 3 aromatic rings. The van der Waals surface area contributed by atoms with Gasteiger partial charge in [0.25, 0.3) is 17.1 Å². The highest BCUT2D eigenvalue weighted by Crippen LogP contribution is 2.45. The molecule has 0 radical (unpaired) electrons. The molecular weight excluding hydrogens is 1110 g/mol. The van der Waals surface area contributed by atoms with Crippen LogP contribution in [0.4, 0.5) is 17.1 Å². The Morgan fingerprint density at radius 3 is 1.13 bits per heavy atom. The number of nitrogens with zero attached hydrogens (tertiary/aromatic N) is 13. The fraction of sp³-hybridized carbons (Fsp3) is 0. The number of benzene rings is 3. The first-order valence-corrected chi connectivity index (χ1v) is 20.8. The summed E-state index contributed by atoms with van der Waals surface area (Å²) in [5, 5.41) is 116. The van der Waals surface area contributed by atoms with Crippen LogP contribution in [0.5, 0.6) is 0 Å². The summed E-state index contributed by atoms with van der Waals surface area (Å²) >= 11 is 32.7. The molecule has 0 amide bonds. The van der Waals surface area contributed by atoms with E-state index in [1.807, 2.05) is 0 Å². The summed E-state index contributed by atoms with van der Waals surface area (Å²) in [7, 11) is 0. The molecular formula is C46H11Cl6N13O10. The number of allylic oxidation sites excluding steroid dienone is 11. The quantitative estimate of drug-likeness (QED) is 0.0818. The van der Waals surface area contributed by atoms with Gasteiger partial charge in [-0.3, -0.25) is 49.5 Å². The van der Waals surface area contributed by atoms with Crippen molar-refractivity contribution >= 4 is 121 Å². The average Bonchev–Trinajstić information content (AvgIpc) is 3.70. The minimum atomic E-state index is -0.841. The van der Waals surface area contributed by atoms with E-state index in [2.05, 4.69) is 6.58 Å². The van der Waals surface area contributed by atoms with Crippen molar-refractivity contribution in [2.45, 2.75) is 0 Å². The third-order valence-corrected chi connectivity index (χ3v) is 11.4. The van der Waals surface area contributed by atoms with Crippen LogP contribution < -0.4 is 10.4 Å². The molecule has 0 atom stereocenters. The predicted octanol–water partition coefficient (Wildman–Crippen LogP) is 7.76. The lowest BCUT2D eigenvalue weighted by Crippen LogP contribution is -2.14. The van der Waals surface area contributed by atoms with Crippen LogP contribution in [-0.4, -0.2) is 37.9 Å². The molecule has 6 rings (SSSR count). The van der Waals surface area contributed by atoms with Gasteiger partial charge in [-0.05, 0) is 6.07 Å². The van der Waals surface area contributed by atoms with Gasteiger partial charge in [-0.2, -0.15) is 52.6 Å². The number of nitriles is 10. The van der Waals surface area contributed by atoms with Crippen molar-refractivity contribution in [2.24, 2.45) is 0 Å². The summed E-state index contributed by atoms with van der Waals surface area (Å²) in [6.45, 7) is 3.47. The van der Waals surface area contributed by atoms with Crippen LogP contribution in [-0.2, 0) is 14.4 Å². The Labute approximate surface area is 448 Å². The molecule has 3 aromatic carbocycles. The Morgan fingerprint density at radius 2 is 0.800 bits per heavy atom. The highest BCUT2D eigenvalue weighted by molar-refractivity contribution is 6.69. The third kappa shape index (κ3) is 13.6. The molecule has 0 saturated heterocycles. The SMILES string of the molecule is C=C1C(Cl)=C(Cl)C(=O)C(C#N)=C1C#N.N#CC(C#N)=C(C#N)C#N.N#CC(C#N)=c1ccc(=C(C#N)C#N)cc1.O=C1C(Cl)=C(Cl)C(=O)C(Cl)=C1Cl.O=C1c2cc([N+](=O)[O-])ccc2-c2c1cc([N+](=O)[O-])cc2[N+](=O)[O-]. The van der Waals surface area contributed by atoms with Gasteiger partial charge in [0.1, 0.15) is 103 Å². The van der Waals surface area contributed by atoms with E-state index in [9.17, 15) is 49.5 Å². The van der Waals surface area contributed by atoms with E-state index in [0.29, 0.717) is 10.4 Å². The first-order chi connectivity index (χ1) is 35.4. The van der Waals surface area contributed by atoms with E-state index >= 15 is 0 Å². The highest BCUT2D eigenvalue weighted by Gasteiger charge is 2.37. The number of hydrogen-bond acceptors (Lipinski definition) is 20.